The summed E-state index contributed by atoms with van der Waals surface area (Å²) >= 11 is 2.09. The van der Waals surface area contributed by atoms with Crippen LogP contribution in [0.15, 0.2) is 48.5 Å². The Labute approximate surface area is 160 Å². The highest BCUT2D eigenvalue weighted by atomic mass is 127. The molecular weight excluding hydrogens is 433 g/mol. The average Bonchev–Trinajstić information content (AvgIpc) is 2.61. The molecule has 0 bridgehead atoms. The molecule has 2 rings (SSSR count). The first-order chi connectivity index (χ1) is 11.9. The topological polar surface area (TPSA) is 75.6 Å². The zero-order valence-electron chi connectivity index (χ0n) is 14.0. The van der Waals surface area contributed by atoms with E-state index >= 15 is 0 Å². The van der Waals surface area contributed by atoms with Crippen LogP contribution in [0.2, 0.25) is 0 Å². The first-order valence-corrected chi connectivity index (χ1v) is 8.89. The van der Waals surface area contributed by atoms with E-state index in [1.165, 1.54) is 0 Å². The molecule has 0 aliphatic carbocycles. The number of rotatable bonds is 8. The molecule has 5 nitrogen and oxygen atoms in total. The van der Waals surface area contributed by atoms with Crippen LogP contribution in [0.3, 0.4) is 0 Å². The number of methoxy groups -OCH3 is 1. The van der Waals surface area contributed by atoms with Crippen molar-refractivity contribution >= 4 is 34.3 Å². The Morgan fingerprint density at radius 2 is 1.88 bits per heavy atom. The molecule has 0 radical (unpaired) electrons. The van der Waals surface area contributed by atoms with E-state index in [1.807, 2.05) is 30.3 Å². The van der Waals surface area contributed by atoms with Crippen molar-refractivity contribution in [1.82, 2.24) is 5.32 Å². The van der Waals surface area contributed by atoms with Gasteiger partial charge in [-0.3, -0.25) is 14.9 Å². The van der Waals surface area contributed by atoms with Gasteiger partial charge in [0.2, 0.25) is 0 Å². The van der Waals surface area contributed by atoms with Crippen LogP contribution < -0.4 is 10.1 Å². The SMILES string of the molecule is COc1ccc(C(=O)[C@H](C)[C@H](NCc2ccccc2)C(=O)O)cc1I. The first kappa shape index (κ1) is 19.4. The second-order valence-electron chi connectivity index (χ2n) is 5.68. The normalized spacial score (nSPS) is 13.1. The Balaban J connectivity index is 2.13. The predicted molar refractivity (Wildman–Crippen MR) is 104 cm³/mol. The maximum atomic E-state index is 12.7. The second-order valence-corrected chi connectivity index (χ2v) is 6.85. The van der Waals surface area contributed by atoms with Crippen molar-refractivity contribution in [2.75, 3.05) is 7.11 Å². The number of hydrogen-bond acceptors (Lipinski definition) is 4. The van der Waals surface area contributed by atoms with Crippen LogP contribution in [0.1, 0.15) is 22.8 Å². The van der Waals surface area contributed by atoms with Gasteiger partial charge in [0.25, 0.3) is 0 Å². The van der Waals surface area contributed by atoms with E-state index in [0.29, 0.717) is 17.9 Å². The van der Waals surface area contributed by atoms with E-state index in [1.54, 1.807) is 32.2 Å². The standard InChI is InChI=1S/C19H20INO4/c1-12(18(22)14-8-9-16(25-2)15(20)10-14)17(19(23)24)21-11-13-6-4-3-5-7-13/h3-10,12,17,21H,11H2,1-2H3,(H,23,24)/t12-,17+/m1/s1. The number of ether oxygens (including phenoxy) is 1. The number of ketones is 1. The number of Topliss-reactive ketones (excluding diaryl/α,β-unsaturated/α-hetero) is 1. The van der Waals surface area contributed by atoms with Crippen LogP contribution in [0, 0.1) is 9.49 Å². The monoisotopic (exact) mass is 453 g/mol. The lowest BCUT2D eigenvalue weighted by Crippen LogP contribution is -2.44. The highest BCUT2D eigenvalue weighted by Gasteiger charge is 2.30. The number of aliphatic carboxylic acids is 1. The number of benzene rings is 2. The van der Waals surface area contributed by atoms with E-state index in [2.05, 4.69) is 27.9 Å². The summed E-state index contributed by atoms with van der Waals surface area (Å²) < 4.78 is 6.00. The fourth-order valence-electron chi connectivity index (χ4n) is 2.54. The number of carboxylic acids is 1. The quantitative estimate of drug-likeness (QED) is 0.474. The van der Waals surface area contributed by atoms with E-state index in [9.17, 15) is 14.7 Å². The summed E-state index contributed by atoms with van der Waals surface area (Å²) in [5.41, 5.74) is 1.44. The summed E-state index contributed by atoms with van der Waals surface area (Å²) in [5.74, 6) is -1.28. The lowest BCUT2D eigenvalue weighted by atomic mass is 9.92. The molecule has 0 saturated heterocycles. The number of carboxylic acid groups (broad SMARTS) is 1. The number of carbonyl (C=O) groups is 2. The number of hydrogen-bond donors (Lipinski definition) is 2. The Hall–Kier alpha value is -1.93. The molecular formula is C19H20INO4. The van der Waals surface area contributed by atoms with Crippen molar-refractivity contribution in [2.24, 2.45) is 5.92 Å². The zero-order chi connectivity index (χ0) is 18.4. The Morgan fingerprint density at radius 1 is 1.20 bits per heavy atom. The fourth-order valence-corrected chi connectivity index (χ4v) is 3.27. The van der Waals surface area contributed by atoms with Gasteiger partial charge in [0.15, 0.2) is 5.78 Å². The van der Waals surface area contributed by atoms with Gasteiger partial charge in [0.05, 0.1) is 10.7 Å². The fraction of sp³-hybridized carbons (Fsp3) is 0.263. The van der Waals surface area contributed by atoms with Crippen molar-refractivity contribution in [2.45, 2.75) is 19.5 Å². The minimum absolute atomic E-state index is 0.214. The highest BCUT2D eigenvalue weighted by molar-refractivity contribution is 14.1. The molecule has 0 unspecified atom stereocenters. The Kier molecular flexibility index (Phi) is 6.95. The van der Waals surface area contributed by atoms with Crippen molar-refractivity contribution in [3.05, 3.63) is 63.2 Å². The summed E-state index contributed by atoms with van der Waals surface area (Å²) in [4.78, 5) is 24.3. The van der Waals surface area contributed by atoms with Gasteiger partial charge >= 0.3 is 5.97 Å². The van der Waals surface area contributed by atoms with Crippen molar-refractivity contribution in [3.8, 4) is 5.75 Å². The minimum Gasteiger partial charge on any atom is -0.496 e. The number of carbonyl (C=O) groups excluding carboxylic acids is 1. The predicted octanol–water partition coefficient (Wildman–Crippen LogP) is 3.36. The molecule has 2 N–H and O–H groups in total. The van der Waals surface area contributed by atoms with Gasteiger partial charge in [-0.2, -0.15) is 0 Å². The van der Waals surface area contributed by atoms with Crippen LogP contribution >= 0.6 is 22.6 Å². The third-order valence-electron chi connectivity index (χ3n) is 3.98. The maximum Gasteiger partial charge on any atom is 0.321 e. The van der Waals surface area contributed by atoms with E-state index in [-0.39, 0.29) is 5.78 Å². The molecule has 132 valence electrons. The van der Waals surface area contributed by atoms with Gasteiger partial charge < -0.3 is 9.84 Å². The van der Waals surface area contributed by atoms with Crippen LogP contribution in [0.4, 0.5) is 0 Å². The zero-order valence-corrected chi connectivity index (χ0v) is 16.2. The van der Waals surface area contributed by atoms with Crippen LogP contribution in [0.25, 0.3) is 0 Å². The summed E-state index contributed by atoms with van der Waals surface area (Å²) in [6, 6.07) is 13.6. The Bertz CT molecular complexity index is 748. The number of halogens is 1. The number of nitrogens with one attached hydrogen (secondary N) is 1. The summed E-state index contributed by atoms with van der Waals surface area (Å²) in [6.45, 7) is 2.02. The van der Waals surface area contributed by atoms with Gasteiger partial charge in [0, 0.05) is 18.0 Å². The molecule has 2 aromatic carbocycles. The van der Waals surface area contributed by atoms with Crippen molar-refractivity contribution in [1.29, 1.82) is 0 Å². The molecule has 2 atom stereocenters. The molecule has 6 heteroatoms. The second kappa shape index (κ2) is 8.96. The summed E-state index contributed by atoms with van der Waals surface area (Å²) in [6.07, 6.45) is 0. The third-order valence-corrected chi connectivity index (χ3v) is 4.83. The van der Waals surface area contributed by atoms with Crippen molar-refractivity contribution < 1.29 is 19.4 Å². The molecule has 0 saturated carbocycles. The van der Waals surface area contributed by atoms with Crippen molar-refractivity contribution in [3.63, 3.8) is 0 Å². The third kappa shape index (κ3) is 5.02. The van der Waals surface area contributed by atoms with E-state index in [0.717, 1.165) is 9.13 Å². The van der Waals surface area contributed by atoms with Crippen LogP contribution in [0.5, 0.6) is 5.75 Å². The van der Waals surface area contributed by atoms with Gasteiger partial charge in [-0.15, -0.1) is 0 Å². The molecule has 0 fully saturated rings. The molecule has 0 aliphatic rings. The van der Waals surface area contributed by atoms with Crippen LogP contribution in [-0.4, -0.2) is 30.0 Å². The van der Waals surface area contributed by atoms with Gasteiger partial charge in [-0.1, -0.05) is 37.3 Å². The molecule has 0 spiro atoms. The largest absolute Gasteiger partial charge is 0.496 e. The summed E-state index contributed by atoms with van der Waals surface area (Å²) in [7, 11) is 1.57. The molecule has 2 aromatic rings. The first-order valence-electron chi connectivity index (χ1n) is 7.82. The molecule has 0 aromatic heterocycles. The summed E-state index contributed by atoms with van der Waals surface area (Å²) in [5, 5.41) is 12.5. The average molecular weight is 453 g/mol. The van der Waals surface area contributed by atoms with E-state index in [4.69, 9.17) is 4.74 Å². The Morgan fingerprint density at radius 3 is 2.44 bits per heavy atom. The molecule has 25 heavy (non-hydrogen) atoms. The molecule has 0 amide bonds. The molecule has 0 heterocycles. The van der Waals surface area contributed by atoms with Crippen LogP contribution in [-0.2, 0) is 11.3 Å². The minimum atomic E-state index is -1.04. The smallest absolute Gasteiger partial charge is 0.321 e. The maximum absolute atomic E-state index is 12.7. The molecule has 0 aliphatic heterocycles. The van der Waals surface area contributed by atoms with Gasteiger partial charge in [-0.25, -0.2) is 0 Å². The van der Waals surface area contributed by atoms with Gasteiger partial charge in [0.1, 0.15) is 11.8 Å². The lowest BCUT2D eigenvalue weighted by molar-refractivity contribution is -0.140. The lowest BCUT2D eigenvalue weighted by Gasteiger charge is -2.21. The van der Waals surface area contributed by atoms with Gasteiger partial charge in [-0.05, 0) is 46.4 Å². The van der Waals surface area contributed by atoms with E-state index < -0.39 is 17.9 Å². The highest BCUT2D eigenvalue weighted by Crippen LogP contribution is 2.23.